The summed E-state index contributed by atoms with van der Waals surface area (Å²) < 4.78 is 11.4. The second-order valence-electron chi connectivity index (χ2n) is 5.52. The average molecular weight is 277 g/mol. The Morgan fingerprint density at radius 2 is 2.20 bits per heavy atom. The van der Waals surface area contributed by atoms with Crippen molar-refractivity contribution < 1.29 is 14.3 Å². The fourth-order valence-electron chi connectivity index (χ4n) is 2.74. The van der Waals surface area contributed by atoms with Crippen LogP contribution in [0.1, 0.15) is 30.1 Å². The van der Waals surface area contributed by atoms with E-state index in [0.29, 0.717) is 23.0 Å². The van der Waals surface area contributed by atoms with Gasteiger partial charge in [-0.1, -0.05) is 0 Å². The van der Waals surface area contributed by atoms with Crippen LogP contribution < -0.4 is 9.47 Å². The van der Waals surface area contributed by atoms with Crippen molar-refractivity contribution in [3.05, 3.63) is 23.8 Å². The summed E-state index contributed by atoms with van der Waals surface area (Å²) in [5, 5.41) is 0. The zero-order valence-corrected chi connectivity index (χ0v) is 12.5. The molecule has 0 saturated carbocycles. The number of carbonyl (C=O) groups is 1. The van der Waals surface area contributed by atoms with E-state index in [1.165, 1.54) is 19.4 Å². The summed E-state index contributed by atoms with van der Waals surface area (Å²) in [7, 11) is 3.74. The Morgan fingerprint density at radius 3 is 2.85 bits per heavy atom. The number of hydrogen-bond acceptors (Lipinski definition) is 4. The van der Waals surface area contributed by atoms with Crippen molar-refractivity contribution in [1.29, 1.82) is 0 Å². The van der Waals surface area contributed by atoms with Crippen LogP contribution in [0.5, 0.6) is 11.5 Å². The third kappa shape index (κ3) is 3.51. The maximum absolute atomic E-state index is 10.8. The average Bonchev–Trinajstić information content (AvgIpc) is 2.47. The molecule has 20 heavy (non-hydrogen) atoms. The van der Waals surface area contributed by atoms with Crippen molar-refractivity contribution in [1.82, 2.24) is 4.90 Å². The Balaban J connectivity index is 2.06. The van der Waals surface area contributed by atoms with Gasteiger partial charge in [-0.3, -0.25) is 4.79 Å². The topological polar surface area (TPSA) is 38.8 Å². The normalized spacial score (nSPS) is 21.2. The molecule has 1 aliphatic heterocycles. The number of methoxy groups -OCH3 is 1. The lowest BCUT2D eigenvalue weighted by atomic mass is 9.93. The second-order valence-corrected chi connectivity index (χ2v) is 5.52. The van der Waals surface area contributed by atoms with Gasteiger partial charge in [-0.05, 0) is 51.6 Å². The molecule has 4 heteroatoms. The molecular formula is C16H23NO3. The molecular weight excluding hydrogens is 254 g/mol. The van der Waals surface area contributed by atoms with Gasteiger partial charge in [0.1, 0.15) is 12.4 Å². The van der Waals surface area contributed by atoms with Crippen molar-refractivity contribution >= 4 is 6.29 Å². The molecule has 1 aliphatic rings. The highest BCUT2D eigenvalue weighted by atomic mass is 16.5. The quantitative estimate of drug-likeness (QED) is 0.776. The van der Waals surface area contributed by atoms with E-state index in [2.05, 4.69) is 18.9 Å². The predicted molar refractivity (Wildman–Crippen MR) is 78.7 cm³/mol. The third-order valence-electron chi connectivity index (χ3n) is 3.96. The van der Waals surface area contributed by atoms with Crippen molar-refractivity contribution in [2.45, 2.75) is 25.9 Å². The molecule has 1 saturated heterocycles. The smallest absolute Gasteiger partial charge is 0.161 e. The van der Waals surface area contributed by atoms with Crippen LogP contribution in [0, 0.1) is 5.92 Å². The Bertz CT molecular complexity index is 461. The van der Waals surface area contributed by atoms with E-state index in [-0.39, 0.29) is 6.10 Å². The zero-order chi connectivity index (χ0) is 14.5. The molecule has 0 bridgehead atoms. The summed E-state index contributed by atoms with van der Waals surface area (Å²) in [6.07, 6.45) is 3.36. The molecule has 0 amide bonds. The van der Waals surface area contributed by atoms with Crippen molar-refractivity contribution in [3.63, 3.8) is 0 Å². The van der Waals surface area contributed by atoms with Crippen LogP contribution >= 0.6 is 0 Å². The number of ether oxygens (including phenoxy) is 2. The third-order valence-corrected chi connectivity index (χ3v) is 3.96. The zero-order valence-electron chi connectivity index (χ0n) is 12.5. The van der Waals surface area contributed by atoms with Crippen molar-refractivity contribution in [2.75, 3.05) is 27.2 Å². The lowest BCUT2D eigenvalue weighted by Gasteiger charge is -2.33. The lowest BCUT2D eigenvalue weighted by Crippen LogP contribution is -2.39. The largest absolute Gasteiger partial charge is 0.493 e. The predicted octanol–water partition coefficient (Wildman–Crippen LogP) is 2.62. The fourth-order valence-corrected chi connectivity index (χ4v) is 2.74. The Morgan fingerprint density at radius 1 is 1.40 bits per heavy atom. The standard InChI is InChI=1S/C16H23NO3/c1-12(14-5-4-8-17(2)10-14)20-15-7-6-13(11-18)9-16(15)19-3/h6-7,9,11-12,14H,4-5,8,10H2,1-3H3. The maximum Gasteiger partial charge on any atom is 0.161 e. The summed E-state index contributed by atoms with van der Waals surface area (Å²) in [6.45, 7) is 4.34. The number of piperidine rings is 1. The minimum atomic E-state index is 0.133. The molecule has 0 radical (unpaired) electrons. The molecule has 1 aromatic carbocycles. The molecule has 2 rings (SSSR count). The van der Waals surface area contributed by atoms with Crippen LogP contribution in [-0.2, 0) is 0 Å². The summed E-state index contributed by atoms with van der Waals surface area (Å²) >= 11 is 0. The van der Waals surface area contributed by atoms with Crippen molar-refractivity contribution in [2.24, 2.45) is 5.92 Å². The second kappa shape index (κ2) is 6.75. The monoisotopic (exact) mass is 277 g/mol. The first-order valence-corrected chi connectivity index (χ1v) is 7.12. The molecule has 110 valence electrons. The van der Waals surface area contributed by atoms with Gasteiger partial charge in [0.05, 0.1) is 7.11 Å². The number of aldehydes is 1. The maximum atomic E-state index is 10.8. The van der Waals surface area contributed by atoms with Gasteiger partial charge in [0.25, 0.3) is 0 Å². The first-order chi connectivity index (χ1) is 9.63. The highest BCUT2D eigenvalue weighted by Gasteiger charge is 2.24. The first kappa shape index (κ1) is 14.9. The fraction of sp³-hybridized carbons (Fsp3) is 0.562. The summed E-state index contributed by atoms with van der Waals surface area (Å²) in [5.41, 5.74) is 0.597. The SMILES string of the molecule is COc1cc(C=O)ccc1OC(C)C1CCCN(C)C1. The lowest BCUT2D eigenvalue weighted by molar-refractivity contribution is 0.0877. The summed E-state index contributed by atoms with van der Waals surface area (Å²) in [4.78, 5) is 13.1. The molecule has 0 aromatic heterocycles. The van der Waals surface area contributed by atoms with Gasteiger partial charge in [0, 0.05) is 18.0 Å². The highest BCUT2D eigenvalue weighted by molar-refractivity contribution is 5.76. The number of benzene rings is 1. The van der Waals surface area contributed by atoms with Gasteiger partial charge in [-0.25, -0.2) is 0 Å². The van der Waals surface area contributed by atoms with Gasteiger partial charge in [-0.2, -0.15) is 0 Å². The van der Waals surface area contributed by atoms with E-state index in [0.717, 1.165) is 12.8 Å². The van der Waals surface area contributed by atoms with Crippen LogP contribution in [-0.4, -0.2) is 44.5 Å². The minimum Gasteiger partial charge on any atom is -0.493 e. The molecule has 0 N–H and O–H groups in total. The van der Waals surface area contributed by atoms with Gasteiger partial charge < -0.3 is 14.4 Å². The number of likely N-dealkylation sites (tertiary alicyclic amines) is 1. The Kier molecular flexibility index (Phi) is 5.01. The Hall–Kier alpha value is -1.55. The summed E-state index contributed by atoms with van der Waals surface area (Å²) in [6, 6.07) is 5.28. The van der Waals surface area contributed by atoms with Crippen LogP contribution in [0.15, 0.2) is 18.2 Å². The number of carbonyl (C=O) groups excluding carboxylic acids is 1. The number of rotatable bonds is 5. The minimum absolute atomic E-state index is 0.133. The van der Waals surface area contributed by atoms with Crippen LogP contribution in [0.2, 0.25) is 0 Å². The first-order valence-electron chi connectivity index (χ1n) is 7.12. The number of nitrogens with zero attached hydrogens (tertiary/aromatic N) is 1. The van der Waals surface area contributed by atoms with E-state index in [9.17, 15) is 4.79 Å². The molecule has 1 aromatic rings. The Labute approximate surface area is 120 Å². The molecule has 2 atom stereocenters. The molecule has 0 aliphatic carbocycles. The van der Waals surface area contributed by atoms with Gasteiger partial charge in [0.15, 0.2) is 11.5 Å². The number of hydrogen-bond donors (Lipinski definition) is 0. The van der Waals surface area contributed by atoms with E-state index in [1.54, 1.807) is 19.2 Å². The molecule has 2 unspecified atom stereocenters. The van der Waals surface area contributed by atoms with Crippen LogP contribution in [0.4, 0.5) is 0 Å². The van der Waals surface area contributed by atoms with Gasteiger partial charge in [0.2, 0.25) is 0 Å². The highest BCUT2D eigenvalue weighted by Crippen LogP contribution is 2.31. The molecule has 4 nitrogen and oxygen atoms in total. The van der Waals surface area contributed by atoms with Gasteiger partial charge in [-0.15, -0.1) is 0 Å². The molecule has 0 spiro atoms. The summed E-state index contributed by atoms with van der Waals surface area (Å²) in [5.74, 6) is 1.86. The van der Waals surface area contributed by atoms with E-state index in [4.69, 9.17) is 9.47 Å². The van der Waals surface area contributed by atoms with E-state index < -0.39 is 0 Å². The van der Waals surface area contributed by atoms with E-state index >= 15 is 0 Å². The van der Waals surface area contributed by atoms with Crippen LogP contribution in [0.3, 0.4) is 0 Å². The molecule has 1 fully saturated rings. The van der Waals surface area contributed by atoms with Gasteiger partial charge >= 0.3 is 0 Å². The molecule has 1 heterocycles. The van der Waals surface area contributed by atoms with E-state index in [1.807, 2.05) is 6.07 Å². The van der Waals surface area contributed by atoms with Crippen molar-refractivity contribution in [3.8, 4) is 11.5 Å². The van der Waals surface area contributed by atoms with Crippen LogP contribution in [0.25, 0.3) is 0 Å².